The van der Waals surface area contributed by atoms with E-state index in [0.29, 0.717) is 10.6 Å². The first-order valence-electron chi connectivity index (χ1n) is 6.13. The molecule has 1 amide bonds. The molecule has 0 spiro atoms. The summed E-state index contributed by atoms with van der Waals surface area (Å²) >= 11 is 5.77. The number of halogens is 3. The SMILES string of the molecule is CC(NC(=O)c1cc(Cl)ccc1O)c1ccc(F)c(F)c1. The smallest absolute Gasteiger partial charge is 0.255 e. The lowest BCUT2D eigenvalue weighted by Gasteiger charge is -2.15. The van der Waals surface area contributed by atoms with Crippen LogP contribution in [0.2, 0.25) is 5.02 Å². The van der Waals surface area contributed by atoms with E-state index in [1.54, 1.807) is 6.92 Å². The Hall–Kier alpha value is -2.14. The molecule has 0 radical (unpaired) electrons. The molecule has 3 nitrogen and oxygen atoms in total. The molecule has 0 heterocycles. The summed E-state index contributed by atoms with van der Waals surface area (Å²) in [4.78, 5) is 12.1. The zero-order valence-corrected chi connectivity index (χ0v) is 11.8. The molecular weight excluding hydrogens is 300 g/mol. The van der Waals surface area contributed by atoms with Gasteiger partial charge in [0, 0.05) is 5.02 Å². The van der Waals surface area contributed by atoms with Gasteiger partial charge in [0.15, 0.2) is 11.6 Å². The van der Waals surface area contributed by atoms with Gasteiger partial charge in [-0.15, -0.1) is 0 Å². The van der Waals surface area contributed by atoms with Gasteiger partial charge in [0.25, 0.3) is 5.91 Å². The molecule has 0 aliphatic heterocycles. The van der Waals surface area contributed by atoms with E-state index < -0.39 is 23.6 Å². The van der Waals surface area contributed by atoms with E-state index in [-0.39, 0.29) is 11.3 Å². The van der Waals surface area contributed by atoms with Crippen LogP contribution in [0.1, 0.15) is 28.9 Å². The summed E-state index contributed by atoms with van der Waals surface area (Å²) in [5.74, 6) is -2.72. The Balaban J connectivity index is 2.18. The van der Waals surface area contributed by atoms with Crippen LogP contribution in [-0.4, -0.2) is 11.0 Å². The number of phenolic OH excluding ortho intramolecular Hbond substituents is 1. The number of hydrogen-bond donors (Lipinski definition) is 2. The van der Waals surface area contributed by atoms with Gasteiger partial charge >= 0.3 is 0 Å². The second-order valence-corrected chi connectivity index (χ2v) is 4.97. The molecule has 0 aromatic heterocycles. The largest absolute Gasteiger partial charge is 0.507 e. The number of hydrogen-bond acceptors (Lipinski definition) is 2. The van der Waals surface area contributed by atoms with Gasteiger partial charge in [0.05, 0.1) is 11.6 Å². The van der Waals surface area contributed by atoms with Crippen LogP contribution in [-0.2, 0) is 0 Å². The van der Waals surface area contributed by atoms with Crippen molar-refractivity contribution in [3.05, 3.63) is 64.2 Å². The lowest BCUT2D eigenvalue weighted by Crippen LogP contribution is -2.26. The highest BCUT2D eigenvalue weighted by molar-refractivity contribution is 6.31. The summed E-state index contributed by atoms with van der Waals surface area (Å²) in [7, 11) is 0. The van der Waals surface area contributed by atoms with Crippen LogP contribution in [0.25, 0.3) is 0 Å². The van der Waals surface area contributed by atoms with Gasteiger partial charge in [0.2, 0.25) is 0 Å². The van der Waals surface area contributed by atoms with E-state index in [0.717, 1.165) is 12.1 Å². The van der Waals surface area contributed by atoms with E-state index >= 15 is 0 Å². The summed E-state index contributed by atoms with van der Waals surface area (Å²) in [6.07, 6.45) is 0. The molecule has 2 rings (SSSR count). The molecule has 0 aliphatic rings. The van der Waals surface area contributed by atoms with Gasteiger partial charge in [-0.3, -0.25) is 4.79 Å². The number of aromatic hydroxyl groups is 1. The van der Waals surface area contributed by atoms with E-state index in [2.05, 4.69) is 5.32 Å². The number of rotatable bonds is 3. The Morgan fingerprint density at radius 1 is 1.19 bits per heavy atom. The predicted molar refractivity (Wildman–Crippen MR) is 75.4 cm³/mol. The molecule has 0 bridgehead atoms. The Morgan fingerprint density at radius 2 is 1.90 bits per heavy atom. The topological polar surface area (TPSA) is 49.3 Å². The van der Waals surface area contributed by atoms with Crippen LogP contribution in [0.4, 0.5) is 8.78 Å². The molecule has 2 aromatic rings. The van der Waals surface area contributed by atoms with Gasteiger partial charge in [-0.2, -0.15) is 0 Å². The standard InChI is InChI=1S/C15H12ClF2NO2/c1-8(9-2-4-12(17)13(18)6-9)19-15(21)11-7-10(16)3-5-14(11)20/h2-8,20H,1H3,(H,19,21). The summed E-state index contributed by atoms with van der Waals surface area (Å²) in [6, 6.07) is 6.89. The van der Waals surface area contributed by atoms with Crippen molar-refractivity contribution >= 4 is 17.5 Å². The van der Waals surface area contributed by atoms with Crippen molar-refractivity contribution < 1.29 is 18.7 Å². The van der Waals surface area contributed by atoms with Crippen molar-refractivity contribution in [1.82, 2.24) is 5.32 Å². The second-order valence-electron chi connectivity index (χ2n) is 4.53. The highest BCUT2D eigenvalue weighted by Crippen LogP contribution is 2.23. The van der Waals surface area contributed by atoms with E-state index in [9.17, 15) is 18.7 Å². The van der Waals surface area contributed by atoms with Crippen molar-refractivity contribution in [2.45, 2.75) is 13.0 Å². The van der Waals surface area contributed by atoms with E-state index in [4.69, 9.17) is 11.6 Å². The monoisotopic (exact) mass is 311 g/mol. The Kier molecular flexibility index (Phi) is 4.43. The highest BCUT2D eigenvalue weighted by Gasteiger charge is 2.16. The molecule has 0 saturated carbocycles. The Labute approximate surface area is 125 Å². The highest BCUT2D eigenvalue weighted by atomic mass is 35.5. The third-order valence-corrected chi connectivity index (χ3v) is 3.23. The minimum atomic E-state index is -0.987. The van der Waals surface area contributed by atoms with Crippen molar-refractivity contribution in [3.63, 3.8) is 0 Å². The van der Waals surface area contributed by atoms with Crippen molar-refractivity contribution in [1.29, 1.82) is 0 Å². The first-order valence-corrected chi connectivity index (χ1v) is 6.50. The minimum absolute atomic E-state index is 0.0110. The fourth-order valence-electron chi connectivity index (χ4n) is 1.83. The minimum Gasteiger partial charge on any atom is -0.507 e. The third kappa shape index (κ3) is 3.49. The van der Waals surface area contributed by atoms with Gasteiger partial charge in [-0.1, -0.05) is 17.7 Å². The second kappa shape index (κ2) is 6.10. The normalized spacial score (nSPS) is 12.0. The van der Waals surface area contributed by atoms with E-state index in [1.807, 2.05) is 0 Å². The molecule has 6 heteroatoms. The molecule has 110 valence electrons. The van der Waals surface area contributed by atoms with Crippen LogP contribution >= 0.6 is 11.6 Å². The predicted octanol–water partition coefficient (Wildman–Crippen LogP) is 3.81. The summed E-state index contributed by atoms with van der Waals surface area (Å²) in [5, 5.41) is 12.5. The first-order chi connectivity index (χ1) is 9.88. The zero-order chi connectivity index (χ0) is 15.6. The van der Waals surface area contributed by atoms with Crippen molar-refractivity contribution in [2.75, 3.05) is 0 Å². The number of carbonyl (C=O) groups is 1. The third-order valence-electron chi connectivity index (χ3n) is 2.99. The summed E-state index contributed by atoms with van der Waals surface area (Å²) in [5.41, 5.74) is 0.417. The Morgan fingerprint density at radius 3 is 2.57 bits per heavy atom. The molecule has 2 aromatic carbocycles. The number of nitrogens with one attached hydrogen (secondary N) is 1. The lowest BCUT2D eigenvalue weighted by atomic mass is 10.1. The maximum Gasteiger partial charge on any atom is 0.255 e. The van der Waals surface area contributed by atoms with Gasteiger partial charge < -0.3 is 10.4 Å². The molecule has 1 atom stereocenters. The number of amides is 1. The lowest BCUT2D eigenvalue weighted by molar-refractivity contribution is 0.0937. The average Bonchev–Trinajstić information content (AvgIpc) is 2.44. The first kappa shape index (κ1) is 15.3. The molecule has 2 N–H and O–H groups in total. The number of phenols is 1. The molecule has 21 heavy (non-hydrogen) atoms. The zero-order valence-electron chi connectivity index (χ0n) is 11.0. The average molecular weight is 312 g/mol. The van der Waals surface area contributed by atoms with Gasteiger partial charge in [-0.05, 0) is 42.8 Å². The quantitative estimate of drug-likeness (QED) is 0.905. The maximum atomic E-state index is 13.2. The van der Waals surface area contributed by atoms with E-state index in [1.165, 1.54) is 24.3 Å². The van der Waals surface area contributed by atoms with Crippen molar-refractivity contribution in [2.24, 2.45) is 0 Å². The molecule has 0 saturated heterocycles. The number of benzene rings is 2. The molecule has 0 aliphatic carbocycles. The number of carbonyl (C=O) groups excluding carboxylic acids is 1. The molecule has 1 unspecified atom stereocenters. The van der Waals surface area contributed by atoms with Crippen LogP contribution in [0.5, 0.6) is 5.75 Å². The van der Waals surface area contributed by atoms with Crippen LogP contribution < -0.4 is 5.32 Å². The maximum absolute atomic E-state index is 13.2. The molecule has 0 fully saturated rings. The van der Waals surface area contributed by atoms with Crippen molar-refractivity contribution in [3.8, 4) is 5.75 Å². The Bertz CT molecular complexity index is 691. The van der Waals surface area contributed by atoms with Crippen LogP contribution in [0.3, 0.4) is 0 Å². The molecular formula is C15H12ClF2NO2. The van der Waals surface area contributed by atoms with Crippen LogP contribution in [0.15, 0.2) is 36.4 Å². The van der Waals surface area contributed by atoms with Crippen LogP contribution in [0, 0.1) is 11.6 Å². The summed E-state index contributed by atoms with van der Waals surface area (Å²) < 4.78 is 26.0. The summed E-state index contributed by atoms with van der Waals surface area (Å²) in [6.45, 7) is 1.62. The van der Waals surface area contributed by atoms with Gasteiger partial charge in [0.1, 0.15) is 5.75 Å². The fraction of sp³-hybridized carbons (Fsp3) is 0.133. The van der Waals surface area contributed by atoms with Gasteiger partial charge in [-0.25, -0.2) is 8.78 Å². The fourth-order valence-corrected chi connectivity index (χ4v) is 2.00.